The van der Waals surface area contributed by atoms with E-state index in [1.54, 1.807) is 11.9 Å². The number of fused-ring (bicyclic) bond motifs is 2. The zero-order valence-electron chi connectivity index (χ0n) is 15.4. The lowest BCUT2D eigenvalue weighted by Gasteiger charge is -2.25. The molecular formula is C17H19F3N6O3. The molecule has 0 spiro atoms. The number of primary amides is 1. The fraction of sp³-hybridized carbons (Fsp3) is 0.412. The highest BCUT2D eigenvalue weighted by Crippen LogP contribution is 2.33. The molecule has 156 valence electrons. The van der Waals surface area contributed by atoms with Crippen LogP contribution in [0, 0.1) is 0 Å². The number of nitrogens with one attached hydrogen (secondary N) is 1. The van der Waals surface area contributed by atoms with E-state index in [2.05, 4.69) is 15.4 Å². The molecule has 1 atom stereocenters. The second kappa shape index (κ2) is 8.07. The molecule has 2 aliphatic rings. The summed E-state index contributed by atoms with van der Waals surface area (Å²) in [5.74, 6) is -0.774. The number of carbonyl (C=O) groups excluding carboxylic acids is 2. The molecule has 0 aliphatic carbocycles. The van der Waals surface area contributed by atoms with E-state index in [-0.39, 0.29) is 24.8 Å². The molecular weight excluding hydrogens is 393 g/mol. The van der Waals surface area contributed by atoms with Crippen LogP contribution < -0.4 is 20.7 Å². The number of anilines is 1. The molecule has 0 saturated heterocycles. The molecule has 12 heteroatoms. The Hall–Kier alpha value is -3.15. The van der Waals surface area contributed by atoms with Crippen LogP contribution in [0.4, 0.5) is 18.9 Å². The number of para-hydroxylation sites is 2. The highest BCUT2D eigenvalue weighted by atomic mass is 19.4. The molecule has 9 nitrogen and oxygen atoms in total. The van der Waals surface area contributed by atoms with Gasteiger partial charge in [0.1, 0.15) is 5.75 Å². The quantitative estimate of drug-likeness (QED) is 0.723. The predicted octanol–water partition coefficient (Wildman–Crippen LogP) is 1.02. The summed E-state index contributed by atoms with van der Waals surface area (Å²) in [6.07, 6.45) is -4.02. The van der Waals surface area contributed by atoms with Crippen LogP contribution in [-0.4, -0.2) is 53.0 Å². The lowest BCUT2D eigenvalue weighted by atomic mass is 10.2. The zero-order chi connectivity index (χ0) is 21.2. The third-order valence-corrected chi connectivity index (χ3v) is 4.35. The lowest BCUT2D eigenvalue weighted by Crippen LogP contribution is -2.42. The summed E-state index contributed by atoms with van der Waals surface area (Å²) >= 11 is 0. The van der Waals surface area contributed by atoms with Crippen molar-refractivity contribution >= 4 is 17.5 Å². The summed E-state index contributed by atoms with van der Waals surface area (Å²) in [7, 11) is 1.77. The molecule has 0 saturated carbocycles. The van der Waals surface area contributed by atoms with Crippen LogP contribution in [-0.2, 0) is 11.3 Å². The Kier molecular flexibility index (Phi) is 5.73. The second-order valence-corrected chi connectivity index (χ2v) is 6.33. The minimum atomic E-state index is -4.47. The van der Waals surface area contributed by atoms with Crippen LogP contribution >= 0.6 is 0 Å². The normalized spacial score (nSPS) is 18.6. The third kappa shape index (κ3) is 4.47. The molecule has 2 amide bonds. The number of carbonyl (C=O) groups is 2. The standard InChI is InChI=1S/C10H11NO2.C7H8F3N5O/c1-11-8-4-2-3-5-9(8)13-7-6-10(11)12;8-7(9,10)3-6-13-5(4(11)16)14-15(6)2-1-12-3/h2-5H,6-7H2,1H3;3,12H,1-2H2,(H2,11,16). The highest BCUT2D eigenvalue weighted by Gasteiger charge is 2.45. The van der Waals surface area contributed by atoms with Crippen molar-refractivity contribution in [3.8, 4) is 5.75 Å². The fourth-order valence-corrected chi connectivity index (χ4v) is 2.91. The van der Waals surface area contributed by atoms with E-state index >= 15 is 0 Å². The average Bonchev–Trinajstić information content (AvgIpc) is 3.06. The zero-order valence-corrected chi connectivity index (χ0v) is 15.4. The monoisotopic (exact) mass is 412 g/mol. The van der Waals surface area contributed by atoms with E-state index in [0.29, 0.717) is 13.0 Å². The maximum absolute atomic E-state index is 12.6. The van der Waals surface area contributed by atoms with Crippen molar-refractivity contribution in [1.82, 2.24) is 20.1 Å². The number of amides is 2. The maximum Gasteiger partial charge on any atom is 0.411 e. The smallest absolute Gasteiger partial charge is 0.411 e. The molecule has 0 fully saturated rings. The minimum Gasteiger partial charge on any atom is -0.491 e. The fourth-order valence-electron chi connectivity index (χ4n) is 2.91. The van der Waals surface area contributed by atoms with Crippen LogP contribution in [0.3, 0.4) is 0 Å². The van der Waals surface area contributed by atoms with Crippen LogP contribution in [0.5, 0.6) is 5.75 Å². The third-order valence-electron chi connectivity index (χ3n) is 4.35. The summed E-state index contributed by atoms with van der Waals surface area (Å²) in [6.45, 7) is 0.807. The number of nitrogens with two attached hydrogens (primary N) is 1. The van der Waals surface area contributed by atoms with Crippen LogP contribution in [0.25, 0.3) is 0 Å². The van der Waals surface area contributed by atoms with Gasteiger partial charge in [0, 0.05) is 13.6 Å². The molecule has 1 aromatic carbocycles. The van der Waals surface area contributed by atoms with Gasteiger partial charge in [0.2, 0.25) is 11.7 Å². The molecule has 3 heterocycles. The van der Waals surface area contributed by atoms with Crippen molar-refractivity contribution in [1.29, 1.82) is 0 Å². The second-order valence-electron chi connectivity index (χ2n) is 6.33. The van der Waals surface area contributed by atoms with Gasteiger partial charge in [-0.2, -0.15) is 13.2 Å². The van der Waals surface area contributed by atoms with Crippen molar-refractivity contribution in [3.05, 3.63) is 35.9 Å². The molecule has 4 rings (SSSR count). The van der Waals surface area contributed by atoms with E-state index in [4.69, 9.17) is 10.5 Å². The average molecular weight is 412 g/mol. The first kappa shape index (κ1) is 20.6. The number of hydrogen-bond acceptors (Lipinski definition) is 6. The van der Waals surface area contributed by atoms with Gasteiger partial charge in [-0.15, -0.1) is 5.10 Å². The number of alkyl halides is 3. The number of rotatable bonds is 1. The topological polar surface area (TPSA) is 115 Å². The maximum atomic E-state index is 12.6. The molecule has 0 radical (unpaired) electrons. The van der Waals surface area contributed by atoms with Gasteiger partial charge in [-0.25, -0.2) is 9.67 Å². The SMILES string of the molecule is CN1C(=O)CCOc2ccccc21.NC(=O)c1nc2n(n1)CCNC2C(F)(F)F. The van der Waals surface area contributed by atoms with Gasteiger partial charge in [0.25, 0.3) is 5.91 Å². The first-order valence-electron chi connectivity index (χ1n) is 8.71. The van der Waals surface area contributed by atoms with Crippen molar-refractivity contribution in [2.45, 2.75) is 25.2 Å². The molecule has 1 aromatic heterocycles. The molecule has 1 unspecified atom stereocenters. The Morgan fingerprint density at radius 3 is 2.76 bits per heavy atom. The van der Waals surface area contributed by atoms with Gasteiger partial charge in [0.05, 0.1) is 25.3 Å². The first-order valence-corrected chi connectivity index (χ1v) is 8.71. The first-order chi connectivity index (χ1) is 13.7. The van der Waals surface area contributed by atoms with Crippen molar-refractivity contribution in [2.75, 3.05) is 25.1 Å². The number of benzene rings is 1. The van der Waals surface area contributed by atoms with Gasteiger partial charge in [-0.3, -0.25) is 14.9 Å². The molecule has 2 aliphatic heterocycles. The number of nitrogens with zero attached hydrogens (tertiary/aromatic N) is 4. The van der Waals surface area contributed by atoms with Gasteiger partial charge < -0.3 is 15.4 Å². The Morgan fingerprint density at radius 2 is 2.07 bits per heavy atom. The molecule has 29 heavy (non-hydrogen) atoms. The number of aromatic nitrogens is 3. The van der Waals surface area contributed by atoms with Gasteiger partial charge in [0.15, 0.2) is 11.9 Å². The summed E-state index contributed by atoms with van der Waals surface area (Å²) in [5.41, 5.74) is 5.75. The number of ether oxygens (including phenoxy) is 1. The van der Waals surface area contributed by atoms with E-state index in [0.717, 1.165) is 16.1 Å². The van der Waals surface area contributed by atoms with Crippen LogP contribution in [0.2, 0.25) is 0 Å². The summed E-state index contributed by atoms with van der Waals surface area (Å²) < 4.78 is 44.2. The van der Waals surface area contributed by atoms with Gasteiger partial charge >= 0.3 is 6.18 Å². The molecule has 3 N–H and O–H groups in total. The van der Waals surface area contributed by atoms with E-state index in [1.165, 1.54) is 0 Å². The van der Waals surface area contributed by atoms with Crippen LogP contribution in [0.1, 0.15) is 28.9 Å². The summed E-state index contributed by atoms with van der Waals surface area (Å²) in [4.78, 5) is 27.3. The summed E-state index contributed by atoms with van der Waals surface area (Å²) in [5, 5.41) is 5.87. The van der Waals surface area contributed by atoms with Gasteiger partial charge in [-0.05, 0) is 12.1 Å². The highest BCUT2D eigenvalue weighted by molar-refractivity contribution is 5.95. The predicted molar refractivity (Wildman–Crippen MR) is 95.3 cm³/mol. The van der Waals surface area contributed by atoms with Crippen molar-refractivity contribution in [2.24, 2.45) is 5.73 Å². The minimum absolute atomic E-state index is 0.102. The van der Waals surface area contributed by atoms with Crippen LogP contribution in [0.15, 0.2) is 24.3 Å². The van der Waals surface area contributed by atoms with E-state index < -0.39 is 23.9 Å². The van der Waals surface area contributed by atoms with Crippen molar-refractivity contribution in [3.63, 3.8) is 0 Å². The Labute approximate surface area is 163 Å². The van der Waals surface area contributed by atoms with Crippen molar-refractivity contribution < 1.29 is 27.5 Å². The Bertz CT molecular complexity index is 914. The number of hydrogen-bond donors (Lipinski definition) is 2. The van der Waals surface area contributed by atoms with E-state index in [9.17, 15) is 22.8 Å². The molecule has 2 aromatic rings. The van der Waals surface area contributed by atoms with E-state index in [1.807, 2.05) is 24.3 Å². The number of halogens is 3. The van der Waals surface area contributed by atoms with Gasteiger partial charge in [-0.1, -0.05) is 12.1 Å². The Morgan fingerprint density at radius 1 is 1.34 bits per heavy atom. The summed E-state index contributed by atoms with van der Waals surface area (Å²) in [6, 6.07) is 5.67. The largest absolute Gasteiger partial charge is 0.491 e. The lowest BCUT2D eigenvalue weighted by molar-refractivity contribution is -0.162. The Balaban J connectivity index is 0.000000169. The molecule has 0 bridgehead atoms.